The number of halogens is 2. The van der Waals surface area contributed by atoms with Crippen LogP contribution in [0.5, 0.6) is 0 Å². The summed E-state index contributed by atoms with van der Waals surface area (Å²) in [7, 11) is 0. The van der Waals surface area contributed by atoms with E-state index in [2.05, 4.69) is 15.9 Å². The predicted octanol–water partition coefficient (Wildman–Crippen LogP) is 2.52. The van der Waals surface area contributed by atoms with E-state index in [4.69, 9.17) is 16.3 Å². The Kier molecular flexibility index (Phi) is 2.92. The molecule has 2 unspecified atom stereocenters. The summed E-state index contributed by atoms with van der Waals surface area (Å²) in [6, 6.07) is 4.98. The molecule has 6 heteroatoms. The minimum Gasteiger partial charge on any atom is -0.355 e. The SMILES string of the molecule is O=C1C2CCC(O2)C(=O)N1c1ccc(Cl)c(Br)c1. The van der Waals surface area contributed by atoms with Crippen molar-refractivity contribution in [2.24, 2.45) is 0 Å². The van der Waals surface area contributed by atoms with E-state index in [-0.39, 0.29) is 11.8 Å². The molecule has 2 aliphatic heterocycles. The van der Waals surface area contributed by atoms with Gasteiger partial charge in [0.15, 0.2) is 0 Å². The van der Waals surface area contributed by atoms with Gasteiger partial charge in [-0.3, -0.25) is 9.59 Å². The summed E-state index contributed by atoms with van der Waals surface area (Å²) in [4.78, 5) is 25.4. The zero-order valence-corrected chi connectivity index (χ0v) is 11.6. The average Bonchev–Trinajstić information content (AvgIpc) is 2.78. The maximum Gasteiger partial charge on any atom is 0.262 e. The highest BCUT2D eigenvalue weighted by atomic mass is 79.9. The van der Waals surface area contributed by atoms with E-state index in [1.54, 1.807) is 18.2 Å². The quantitative estimate of drug-likeness (QED) is 0.743. The second-order valence-electron chi connectivity index (χ2n) is 4.30. The minimum absolute atomic E-state index is 0.289. The molecule has 2 bridgehead atoms. The first kappa shape index (κ1) is 12.1. The van der Waals surface area contributed by atoms with Crippen molar-refractivity contribution in [3.05, 3.63) is 27.7 Å². The van der Waals surface area contributed by atoms with Gasteiger partial charge in [-0.2, -0.15) is 0 Å². The third kappa shape index (κ3) is 1.77. The van der Waals surface area contributed by atoms with Gasteiger partial charge in [-0.1, -0.05) is 11.6 Å². The molecule has 0 aromatic heterocycles. The van der Waals surface area contributed by atoms with Crippen molar-refractivity contribution in [2.75, 3.05) is 4.90 Å². The Labute approximate surface area is 117 Å². The van der Waals surface area contributed by atoms with Gasteiger partial charge >= 0.3 is 0 Å². The lowest BCUT2D eigenvalue weighted by Crippen LogP contribution is -2.52. The molecular formula is C12H9BrClNO3. The average molecular weight is 331 g/mol. The number of carbonyl (C=O) groups excluding carboxylic acids is 2. The molecule has 2 amide bonds. The smallest absolute Gasteiger partial charge is 0.262 e. The maximum atomic E-state index is 12.1. The van der Waals surface area contributed by atoms with Crippen molar-refractivity contribution < 1.29 is 14.3 Å². The molecule has 2 atom stereocenters. The van der Waals surface area contributed by atoms with Crippen molar-refractivity contribution in [3.63, 3.8) is 0 Å². The van der Waals surface area contributed by atoms with Gasteiger partial charge in [-0.05, 0) is 47.0 Å². The number of carbonyl (C=O) groups is 2. The number of fused-ring (bicyclic) bond motifs is 2. The maximum absolute atomic E-state index is 12.1. The molecule has 4 nitrogen and oxygen atoms in total. The van der Waals surface area contributed by atoms with Crippen LogP contribution in [0.4, 0.5) is 5.69 Å². The lowest BCUT2D eigenvalue weighted by molar-refractivity contribution is -0.146. The number of hydrogen-bond donors (Lipinski definition) is 0. The summed E-state index contributed by atoms with van der Waals surface area (Å²) in [5, 5.41) is 0.537. The molecule has 1 aromatic carbocycles. The van der Waals surface area contributed by atoms with Gasteiger partial charge in [0.25, 0.3) is 11.8 Å². The molecule has 1 aromatic rings. The third-order valence-corrected chi connectivity index (χ3v) is 4.39. The van der Waals surface area contributed by atoms with E-state index in [0.29, 0.717) is 28.0 Å². The first-order valence-electron chi connectivity index (χ1n) is 5.56. The molecule has 0 radical (unpaired) electrons. The van der Waals surface area contributed by atoms with Crippen molar-refractivity contribution in [1.29, 1.82) is 0 Å². The Balaban J connectivity index is 2.02. The summed E-state index contributed by atoms with van der Waals surface area (Å²) in [6.45, 7) is 0. The van der Waals surface area contributed by atoms with Gasteiger partial charge in [0.2, 0.25) is 0 Å². The molecule has 0 aliphatic carbocycles. The van der Waals surface area contributed by atoms with E-state index in [1.807, 2.05) is 0 Å². The fraction of sp³-hybridized carbons (Fsp3) is 0.333. The van der Waals surface area contributed by atoms with E-state index in [1.165, 1.54) is 4.90 Å². The van der Waals surface area contributed by atoms with Gasteiger partial charge in [0.05, 0.1) is 10.7 Å². The molecule has 2 aliphatic rings. The Bertz CT molecular complexity index is 526. The number of anilines is 1. The van der Waals surface area contributed by atoms with Crippen LogP contribution in [0.2, 0.25) is 5.02 Å². The van der Waals surface area contributed by atoms with Crippen LogP contribution in [0.15, 0.2) is 22.7 Å². The fourth-order valence-electron chi connectivity index (χ4n) is 2.28. The number of morpholine rings is 1. The van der Waals surface area contributed by atoms with E-state index in [9.17, 15) is 9.59 Å². The number of hydrogen-bond acceptors (Lipinski definition) is 3. The lowest BCUT2D eigenvalue weighted by atomic mass is 10.2. The summed E-state index contributed by atoms with van der Waals surface area (Å²) in [6.07, 6.45) is 0.255. The van der Waals surface area contributed by atoms with Gasteiger partial charge in [0.1, 0.15) is 12.2 Å². The molecule has 18 heavy (non-hydrogen) atoms. The zero-order valence-electron chi connectivity index (χ0n) is 9.23. The summed E-state index contributed by atoms with van der Waals surface area (Å²) < 4.78 is 6.00. The molecular weight excluding hydrogens is 321 g/mol. The number of amides is 2. The largest absolute Gasteiger partial charge is 0.355 e. The van der Waals surface area contributed by atoms with Gasteiger partial charge in [0, 0.05) is 4.47 Å². The Morgan fingerprint density at radius 1 is 1.22 bits per heavy atom. The number of nitrogens with zero attached hydrogens (tertiary/aromatic N) is 1. The number of rotatable bonds is 1. The minimum atomic E-state index is -0.484. The second kappa shape index (κ2) is 4.33. The van der Waals surface area contributed by atoms with E-state index < -0.39 is 12.2 Å². The monoisotopic (exact) mass is 329 g/mol. The zero-order chi connectivity index (χ0) is 12.9. The van der Waals surface area contributed by atoms with Crippen LogP contribution in [0.25, 0.3) is 0 Å². The fourth-order valence-corrected chi connectivity index (χ4v) is 2.76. The van der Waals surface area contributed by atoms with Crippen molar-refractivity contribution in [1.82, 2.24) is 0 Å². The Morgan fingerprint density at radius 2 is 1.83 bits per heavy atom. The molecule has 3 rings (SSSR count). The summed E-state index contributed by atoms with van der Waals surface area (Å²) in [5.41, 5.74) is 0.529. The highest BCUT2D eigenvalue weighted by Gasteiger charge is 2.47. The van der Waals surface area contributed by atoms with Gasteiger partial charge in [-0.25, -0.2) is 4.90 Å². The van der Waals surface area contributed by atoms with Crippen molar-refractivity contribution >= 4 is 45.0 Å². The highest BCUT2D eigenvalue weighted by molar-refractivity contribution is 9.10. The van der Waals surface area contributed by atoms with Crippen LogP contribution in [-0.2, 0) is 14.3 Å². The van der Waals surface area contributed by atoms with Crippen LogP contribution in [0.3, 0.4) is 0 Å². The van der Waals surface area contributed by atoms with Crippen LogP contribution in [0.1, 0.15) is 12.8 Å². The Morgan fingerprint density at radius 3 is 2.39 bits per heavy atom. The van der Waals surface area contributed by atoms with E-state index >= 15 is 0 Å². The van der Waals surface area contributed by atoms with Gasteiger partial charge in [-0.15, -0.1) is 0 Å². The molecule has 94 valence electrons. The summed E-state index contributed by atoms with van der Waals surface area (Å²) in [5.74, 6) is -0.578. The van der Waals surface area contributed by atoms with Gasteiger partial charge < -0.3 is 4.74 Å². The molecule has 0 spiro atoms. The number of benzene rings is 1. The second-order valence-corrected chi connectivity index (χ2v) is 5.56. The van der Waals surface area contributed by atoms with Crippen LogP contribution in [0, 0.1) is 0 Å². The highest BCUT2D eigenvalue weighted by Crippen LogP contribution is 2.34. The van der Waals surface area contributed by atoms with Crippen LogP contribution >= 0.6 is 27.5 Å². The summed E-state index contributed by atoms with van der Waals surface area (Å²) >= 11 is 9.19. The predicted molar refractivity (Wildman–Crippen MR) is 69.5 cm³/mol. The lowest BCUT2D eigenvalue weighted by Gasteiger charge is -2.30. The topological polar surface area (TPSA) is 46.6 Å². The third-order valence-electron chi connectivity index (χ3n) is 3.17. The Hall–Kier alpha value is -0.910. The standard InChI is InChI=1S/C12H9BrClNO3/c13-7-5-6(1-2-8(7)14)15-11(16)9-3-4-10(18-9)12(15)17/h1-2,5,9-10H,3-4H2. The van der Waals surface area contributed by atoms with Crippen LogP contribution < -0.4 is 4.90 Å². The normalized spacial score (nSPS) is 26.9. The number of imide groups is 1. The molecule has 2 heterocycles. The molecule has 2 fully saturated rings. The van der Waals surface area contributed by atoms with Crippen molar-refractivity contribution in [2.45, 2.75) is 25.0 Å². The number of ether oxygens (including phenoxy) is 1. The molecule has 2 saturated heterocycles. The first-order valence-corrected chi connectivity index (χ1v) is 6.73. The van der Waals surface area contributed by atoms with Crippen molar-refractivity contribution in [3.8, 4) is 0 Å². The molecule has 0 saturated carbocycles. The van der Waals surface area contributed by atoms with Crippen LogP contribution in [-0.4, -0.2) is 24.0 Å². The first-order chi connectivity index (χ1) is 8.58. The molecule has 0 N–H and O–H groups in total. The van der Waals surface area contributed by atoms with E-state index in [0.717, 1.165) is 0 Å².